The van der Waals surface area contributed by atoms with Crippen LogP contribution in [0.3, 0.4) is 0 Å². The molecule has 0 unspecified atom stereocenters. The van der Waals surface area contributed by atoms with E-state index >= 15 is 0 Å². The van der Waals surface area contributed by atoms with E-state index in [-0.39, 0.29) is 5.04 Å². The Labute approximate surface area is 86.7 Å². The summed E-state index contributed by atoms with van der Waals surface area (Å²) in [5, 5.41) is -0.146. The lowest BCUT2D eigenvalue weighted by atomic mass is 10.1. The molecule has 0 rings (SSSR count). The molecule has 5 heteroatoms. The Morgan fingerprint density at radius 2 is 1.46 bits per heavy atom. The van der Waals surface area contributed by atoms with Crippen LogP contribution < -0.4 is 0 Å². The lowest BCUT2D eigenvalue weighted by Gasteiger charge is -2.38. The van der Waals surface area contributed by atoms with Crippen molar-refractivity contribution in [3.05, 3.63) is 0 Å². The first-order valence-electron chi connectivity index (χ1n) is 4.21. The summed E-state index contributed by atoms with van der Waals surface area (Å²) in [5.74, 6) is 0.581. The van der Waals surface area contributed by atoms with Gasteiger partial charge in [0.15, 0.2) is 0 Å². The van der Waals surface area contributed by atoms with Gasteiger partial charge in [0.05, 0.1) is 0 Å². The van der Waals surface area contributed by atoms with Gasteiger partial charge >= 0.3 is 8.80 Å². The van der Waals surface area contributed by atoms with Crippen molar-refractivity contribution in [3.63, 3.8) is 0 Å². The standard InChI is InChI=1S/C8H19ClO3Si/c1-8(2,6-7-9)13(10-3,11-4)12-5/h6-7H2,1-5H3. The second kappa shape index (κ2) is 5.31. The maximum Gasteiger partial charge on any atom is 0.506 e. The molecule has 0 aromatic rings. The molecule has 0 aliphatic heterocycles. The van der Waals surface area contributed by atoms with Gasteiger partial charge in [-0.3, -0.25) is 0 Å². The molecule has 80 valence electrons. The first-order valence-corrected chi connectivity index (χ1v) is 6.47. The summed E-state index contributed by atoms with van der Waals surface area (Å²) in [4.78, 5) is 0. The molecule has 0 bridgehead atoms. The maximum atomic E-state index is 5.72. The molecule has 0 aromatic carbocycles. The molecular weight excluding hydrogens is 208 g/mol. The zero-order valence-electron chi connectivity index (χ0n) is 9.02. The number of hydrogen-bond donors (Lipinski definition) is 0. The molecule has 13 heavy (non-hydrogen) atoms. The van der Waals surface area contributed by atoms with Crippen molar-refractivity contribution in [2.24, 2.45) is 0 Å². The van der Waals surface area contributed by atoms with E-state index in [0.29, 0.717) is 5.88 Å². The Morgan fingerprint density at radius 1 is 1.08 bits per heavy atom. The van der Waals surface area contributed by atoms with E-state index in [2.05, 4.69) is 13.8 Å². The lowest BCUT2D eigenvalue weighted by Crippen LogP contribution is -2.52. The minimum Gasteiger partial charge on any atom is -0.377 e. The molecule has 0 aromatic heterocycles. The summed E-state index contributed by atoms with van der Waals surface area (Å²) in [6.45, 7) is 4.11. The molecule has 0 aliphatic rings. The number of halogens is 1. The second-order valence-electron chi connectivity index (χ2n) is 3.49. The van der Waals surface area contributed by atoms with Crippen LogP contribution in [0.25, 0.3) is 0 Å². The third-order valence-corrected chi connectivity index (χ3v) is 6.06. The van der Waals surface area contributed by atoms with Crippen LogP contribution >= 0.6 is 11.6 Å². The Kier molecular flexibility index (Phi) is 5.47. The predicted molar refractivity (Wildman–Crippen MR) is 56.2 cm³/mol. The normalized spacial score (nSPS) is 13.4. The molecular formula is C8H19ClO3Si. The summed E-state index contributed by atoms with van der Waals surface area (Å²) >= 11 is 5.72. The summed E-state index contributed by atoms with van der Waals surface area (Å²) in [6, 6.07) is 0. The average Bonchev–Trinajstić information content (AvgIpc) is 2.07. The third-order valence-electron chi connectivity index (χ3n) is 2.35. The first-order chi connectivity index (χ1) is 5.99. The molecule has 0 atom stereocenters. The fourth-order valence-corrected chi connectivity index (χ4v) is 4.69. The van der Waals surface area contributed by atoms with Gasteiger partial charge in [0.1, 0.15) is 0 Å². The van der Waals surface area contributed by atoms with Gasteiger partial charge in [0, 0.05) is 32.2 Å². The fraction of sp³-hybridized carbons (Fsp3) is 1.00. The molecule has 0 radical (unpaired) electrons. The molecule has 0 spiro atoms. The van der Waals surface area contributed by atoms with Crippen molar-refractivity contribution in [2.45, 2.75) is 25.3 Å². The van der Waals surface area contributed by atoms with Crippen LogP contribution in [0.2, 0.25) is 5.04 Å². The number of rotatable bonds is 6. The fourth-order valence-electron chi connectivity index (χ4n) is 1.47. The highest BCUT2D eigenvalue weighted by molar-refractivity contribution is 6.64. The van der Waals surface area contributed by atoms with Gasteiger partial charge < -0.3 is 13.3 Å². The first kappa shape index (κ1) is 13.4. The van der Waals surface area contributed by atoms with Crippen molar-refractivity contribution in [3.8, 4) is 0 Å². The van der Waals surface area contributed by atoms with Crippen LogP contribution in [0.5, 0.6) is 0 Å². The molecule has 3 nitrogen and oxygen atoms in total. The topological polar surface area (TPSA) is 27.7 Å². The highest BCUT2D eigenvalue weighted by Crippen LogP contribution is 2.41. The Morgan fingerprint density at radius 3 is 1.69 bits per heavy atom. The van der Waals surface area contributed by atoms with Gasteiger partial charge in [0.2, 0.25) is 0 Å². The Balaban J connectivity index is 4.68. The summed E-state index contributed by atoms with van der Waals surface area (Å²) in [5.41, 5.74) is 0. The summed E-state index contributed by atoms with van der Waals surface area (Å²) in [7, 11) is 2.31. The molecule has 0 fully saturated rings. The quantitative estimate of drug-likeness (QED) is 0.514. The third kappa shape index (κ3) is 2.67. The highest BCUT2D eigenvalue weighted by Gasteiger charge is 2.53. The van der Waals surface area contributed by atoms with E-state index in [1.807, 2.05) is 0 Å². The molecule has 0 heterocycles. The van der Waals surface area contributed by atoms with E-state index < -0.39 is 8.80 Å². The van der Waals surface area contributed by atoms with Crippen LogP contribution in [-0.4, -0.2) is 36.0 Å². The maximum absolute atomic E-state index is 5.72. The monoisotopic (exact) mass is 226 g/mol. The van der Waals surface area contributed by atoms with Crippen LogP contribution in [-0.2, 0) is 13.3 Å². The predicted octanol–water partition coefficient (Wildman–Crippen LogP) is 2.27. The van der Waals surface area contributed by atoms with E-state index in [0.717, 1.165) is 6.42 Å². The van der Waals surface area contributed by atoms with Gasteiger partial charge in [-0.15, -0.1) is 11.6 Å². The van der Waals surface area contributed by atoms with Gasteiger partial charge in [0.25, 0.3) is 0 Å². The number of alkyl halides is 1. The van der Waals surface area contributed by atoms with Crippen LogP contribution in [0.1, 0.15) is 20.3 Å². The Bertz CT molecular complexity index is 140. The molecule has 0 aliphatic carbocycles. The minimum absolute atomic E-state index is 0.146. The lowest BCUT2D eigenvalue weighted by molar-refractivity contribution is 0.0945. The largest absolute Gasteiger partial charge is 0.506 e. The molecule has 0 N–H and O–H groups in total. The zero-order chi connectivity index (χ0) is 10.5. The number of hydrogen-bond acceptors (Lipinski definition) is 3. The molecule has 0 saturated heterocycles. The molecule has 0 amide bonds. The van der Waals surface area contributed by atoms with Crippen LogP contribution in [0.4, 0.5) is 0 Å². The van der Waals surface area contributed by atoms with Gasteiger partial charge in [-0.2, -0.15) is 0 Å². The summed E-state index contributed by atoms with van der Waals surface area (Å²) < 4.78 is 16.2. The van der Waals surface area contributed by atoms with E-state index in [9.17, 15) is 0 Å². The summed E-state index contributed by atoms with van der Waals surface area (Å²) in [6.07, 6.45) is 0.816. The highest BCUT2D eigenvalue weighted by atomic mass is 35.5. The van der Waals surface area contributed by atoms with Gasteiger partial charge in [-0.25, -0.2) is 0 Å². The van der Waals surface area contributed by atoms with Crippen molar-refractivity contribution in [2.75, 3.05) is 27.2 Å². The Hall–Kier alpha value is 0.387. The van der Waals surface area contributed by atoms with Crippen molar-refractivity contribution in [1.29, 1.82) is 0 Å². The minimum atomic E-state index is -2.55. The SMILES string of the molecule is CO[Si](OC)(OC)C(C)(C)CCCl. The van der Waals surface area contributed by atoms with Crippen molar-refractivity contribution < 1.29 is 13.3 Å². The van der Waals surface area contributed by atoms with Crippen LogP contribution in [0, 0.1) is 0 Å². The molecule has 0 saturated carbocycles. The van der Waals surface area contributed by atoms with Crippen molar-refractivity contribution in [1.82, 2.24) is 0 Å². The average molecular weight is 227 g/mol. The van der Waals surface area contributed by atoms with Gasteiger partial charge in [-0.1, -0.05) is 13.8 Å². The van der Waals surface area contributed by atoms with Crippen LogP contribution in [0.15, 0.2) is 0 Å². The van der Waals surface area contributed by atoms with E-state index in [1.54, 1.807) is 21.3 Å². The van der Waals surface area contributed by atoms with Crippen molar-refractivity contribution >= 4 is 20.4 Å². The smallest absolute Gasteiger partial charge is 0.377 e. The second-order valence-corrected chi connectivity index (χ2v) is 7.56. The van der Waals surface area contributed by atoms with E-state index in [1.165, 1.54) is 0 Å². The van der Waals surface area contributed by atoms with E-state index in [4.69, 9.17) is 24.9 Å². The van der Waals surface area contributed by atoms with Gasteiger partial charge in [-0.05, 0) is 6.42 Å². The zero-order valence-corrected chi connectivity index (χ0v) is 10.8.